The number of carbonyl (C=O) groups is 1. The summed E-state index contributed by atoms with van der Waals surface area (Å²) in [5.41, 5.74) is 3.67. The molecule has 0 aliphatic rings. The summed E-state index contributed by atoms with van der Waals surface area (Å²) in [6.45, 7) is 0. The van der Waals surface area contributed by atoms with Gasteiger partial charge in [0.1, 0.15) is 5.75 Å². The van der Waals surface area contributed by atoms with E-state index in [9.17, 15) is 4.79 Å². The molecule has 6 heteroatoms. The zero-order valence-electron chi connectivity index (χ0n) is 16.0. The maximum atomic E-state index is 13.3. The van der Waals surface area contributed by atoms with Gasteiger partial charge in [-0.05, 0) is 42.5 Å². The Morgan fingerprint density at radius 3 is 2.46 bits per heavy atom. The van der Waals surface area contributed by atoms with Crippen molar-refractivity contribution in [1.29, 1.82) is 0 Å². The molecule has 6 nitrogen and oxygen atoms in total. The lowest BCUT2D eigenvalue weighted by atomic mass is 10.1. The van der Waals surface area contributed by atoms with Crippen molar-refractivity contribution in [2.45, 2.75) is 0 Å². The lowest BCUT2D eigenvalue weighted by Gasteiger charge is -2.18. The van der Waals surface area contributed by atoms with Crippen LogP contribution in [-0.4, -0.2) is 34.8 Å². The average molecular weight is 372 g/mol. The van der Waals surface area contributed by atoms with Crippen LogP contribution in [0.3, 0.4) is 0 Å². The van der Waals surface area contributed by atoms with E-state index in [4.69, 9.17) is 9.72 Å². The van der Waals surface area contributed by atoms with E-state index >= 15 is 0 Å². The van der Waals surface area contributed by atoms with Crippen LogP contribution in [0.25, 0.3) is 22.3 Å². The minimum Gasteiger partial charge on any atom is -0.497 e. The normalized spacial score (nSPS) is 10.8. The smallest absolute Gasteiger partial charge is 0.258 e. The summed E-state index contributed by atoms with van der Waals surface area (Å²) in [5, 5.41) is 5.03. The number of hydrogen-bond acceptors (Lipinski definition) is 4. The minimum absolute atomic E-state index is 0.110. The highest BCUT2D eigenvalue weighted by Gasteiger charge is 2.20. The molecule has 4 rings (SSSR count). The van der Waals surface area contributed by atoms with Crippen molar-refractivity contribution in [3.63, 3.8) is 0 Å². The van der Waals surface area contributed by atoms with E-state index in [1.165, 1.54) is 0 Å². The second-order valence-electron chi connectivity index (χ2n) is 6.49. The predicted octanol–water partition coefficient (Wildman–Crippen LogP) is 3.92. The Hall–Kier alpha value is -3.67. The van der Waals surface area contributed by atoms with E-state index in [1.54, 1.807) is 29.9 Å². The maximum Gasteiger partial charge on any atom is 0.258 e. The highest BCUT2D eigenvalue weighted by molar-refractivity contribution is 6.13. The Morgan fingerprint density at radius 2 is 1.79 bits per heavy atom. The molecule has 0 fully saturated rings. The number of ether oxygens (including phenoxy) is 1. The van der Waals surface area contributed by atoms with Gasteiger partial charge in [0.25, 0.3) is 5.91 Å². The van der Waals surface area contributed by atoms with Gasteiger partial charge in [-0.1, -0.05) is 18.2 Å². The zero-order chi connectivity index (χ0) is 19.7. The molecule has 0 N–H and O–H groups in total. The molecule has 2 heterocycles. The molecule has 2 aromatic heterocycles. The Balaban J connectivity index is 1.84. The van der Waals surface area contributed by atoms with Crippen LogP contribution < -0.4 is 9.64 Å². The van der Waals surface area contributed by atoms with Crippen LogP contribution >= 0.6 is 0 Å². The van der Waals surface area contributed by atoms with E-state index in [2.05, 4.69) is 5.10 Å². The van der Waals surface area contributed by atoms with Crippen molar-refractivity contribution in [1.82, 2.24) is 14.8 Å². The standard InChI is InChI=1S/C22H20N4O2/c1-25(16-7-5-4-6-8-16)22(27)18-13-20(15-9-11-17(28-3)12-10-15)24-21-19(18)14-23-26(21)2/h4-14H,1-3H3. The van der Waals surface area contributed by atoms with Gasteiger partial charge in [-0.15, -0.1) is 0 Å². The van der Waals surface area contributed by atoms with Crippen LogP contribution in [0.5, 0.6) is 5.75 Å². The van der Waals surface area contributed by atoms with Gasteiger partial charge in [0.15, 0.2) is 5.65 Å². The molecule has 0 atom stereocenters. The van der Waals surface area contributed by atoms with Gasteiger partial charge in [-0.25, -0.2) is 4.98 Å². The van der Waals surface area contributed by atoms with Gasteiger partial charge < -0.3 is 9.64 Å². The Kier molecular flexibility index (Phi) is 4.53. The van der Waals surface area contributed by atoms with E-state index in [-0.39, 0.29) is 5.91 Å². The molecule has 0 saturated heterocycles. The van der Waals surface area contributed by atoms with E-state index in [0.717, 1.165) is 22.4 Å². The Morgan fingerprint density at radius 1 is 1.07 bits per heavy atom. The third-order valence-electron chi connectivity index (χ3n) is 4.77. The van der Waals surface area contributed by atoms with Crippen LogP contribution in [-0.2, 0) is 7.05 Å². The largest absolute Gasteiger partial charge is 0.497 e. The number of benzene rings is 2. The molecule has 0 aliphatic heterocycles. The first-order valence-electron chi connectivity index (χ1n) is 8.89. The topological polar surface area (TPSA) is 60.2 Å². The summed E-state index contributed by atoms with van der Waals surface area (Å²) >= 11 is 0. The number of carbonyl (C=O) groups excluding carboxylic acids is 1. The van der Waals surface area contributed by atoms with Crippen molar-refractivity contribution < 1.29 is 9.53 Å². The van der Waals surface area contributed by atoms with Crippen molar-refractivity contribution >= 4 is 22.6 Å². The first-order valence-corrected chi connectivity index (χ1v) is 8.89. The minimum atomic E-state index is -0.110. The van der Waals surface area contributed by atoms with E-state index in [1.807, 2.05) is 67.7 Å². The number of fused-ring (bicyclic) bond motifs is 1. The lowest BCUT2D eigenvalue weighted by Crippen LogP contribution is -2.26. The molecular weight excluding hydrogens is 352 g/mol. The Labute approximate surface area is 163 Å². The molecule has 2 aromatic carbocycles. The van der Waals surface area contributed by atoms with E-state index in [0.29, 0.717) is 16.9 Å². The number of rotatable bonds is 4. The number of methoxy groups -OCH3 is 1. The molecule has 0 unspecified atom stereocenters. The van der Waals surface area contributed by atoms with Crippen molar-refractivity contribution in [2.24, 2.45) is 7.05 Å². The summed E-state index contributed by atoms with van der Waals surface area (Å²) in [7, 11) is 5.22. The molecular formula is C22H20N4O2. The molecule has 0 aliphatic carbocycles. The third-order valence-corrected chi connectivity index (χ3v) is 4.77. The number of amides is 1. The highest BCUT2D eigenvalue weighted by Crippen LogP contribution is 2.27. The Bertz CT molecular complexity index is 1130. The van der Waals surface area contributed by atoms with Gasteiger partial charge in [0.05, 0.1) is 30.0 Å². The number of nitrogens with zero attached hydrogens (tertiary/aromatic N) is 4. The number of para-hydroxylation sites is 1. The van der Waals surface area contributed by atoms with Crippen LogP contribution in [0.15, 0.2) is 66.9 Å². The SMILES string of the molecule is COc1ccc(-c2cc(C(=O)N(C)c3ccccc3)c3cnn(C)c3n2)cc1. The first kappa shape index (κ1) is 17.7. The molecule has 0 bridgehead atoms. The summed E-state index contributed by atoms with van der Waals surface area (Å²) < 4.78 is 6.91. The number of aryl methyl sites for hydroxylation is 1. The van der Waals surface area contributed by atoms with Gasteiger partial charge in [-0.2, -0.15) is 5.10 Å². The van der Waals surface area contributed by atoms with Gasteiger partial charge in [0.2, 0.25) is 0 Å². The van der Waals surface area contributed by atoms with Gasteiger partial charge >= 0.3 is 0 Å². The maximum absolute atomic E-state index is 13.3. The van der Waals surface area contributed by atoms with Crippen molar-refractivity contribution in [2.75, 3.05) is 19.1 Å². The monoisotopic (exact) mass is 372 g/mol. The fraction of sp³-hybridized carbons (Fsp3) is 0.136. The molecule has 140 valence electrons. The highest BCUT2D eigenvalue weighted by atomic mass is 16.5. The van der Waals surface area contributed by atoms with Crippen LogP contribution in [0.4, 0.5) is 5.69 Å². The third kappa shape index (κ3) is 3.09. The lowest BCUT2D eigenvalue weighted by molar-refractivity contribution is 0.0994. The first-order chi connectivity index (χ1) is 13.6. The number of aromatic nitrogens is 3. The van der Waals surface area contributed by atoms with Gasteiger partial charge in [0, 0.05) is 25.3 Å². The summed E-state index contributed by atoms with van der Waals surface area (Å²) in [5.74, 6) is 0.659. The molecule has 0 saturated carbocycles. The van der Waals surface area contributed by atoms with E-state index < -0.39 is 0 Å². The fourth-order valence-electron chi connectivity index (χ4n) is 3.15. The van der Waals surface area contributed by atoms with Crippen molar-refractivity contribution in [3.8, 4) is 17.0 Å². The zero-order valence-corrected chi connectivity index (χ0v) is 16.0. The van der Waals surface area contributed by atoms with Crippen LogP contribution in [0.2, 0.25) is 0 Å². The predicted molar refractivity (Wildman–Crippen MR) is 110 cm³/mol. The molecule has 1 amide bonds. The summed E-state index contributed by atoms with van der Waals surface area (Å²) in [6.07, 6.45) is 1.69. The number of anilines is 1. The average Bonchev–Trinajstić information content (AvgIpc) is 3.13. The summed E-state index contributed by atoms with van der Waals surface area (Å²) in [4.78, 5) is 19.7. The van der Waals surface area contributed by atoms with Crippen LogP contribution in [0, 0.1) is 0 Å². The van der Waals surface area contributed by atoms with Gasteiger partial charge in [-0.3, -0.25) is 9.48 Å². The second-order valence-corrected chi connectivity index (χ2v) is 6.49. The molecule has 0 radical (unpaired) electrons. The quantitative estimate of drug-likeness (QED) is 0.545. The fourth-order valence-corrected chi connectivity index (χ4v) is 3.15. The number of hydrogen-bond donors (Lipinski definition) is 0. The second kappa shape index (κ2) is 7.15. The summed E-state index contributed by atoms with van der Waals surface area (Å²) in [6, 6.07) is 19.0. The molecule has 28 heavy (non-hydrogen) atoms. The molecule has 0 spiro atoms. The molecule has 4 aromatic rings. The van der Waals surface area contributed by atoms with Crippen molar-refractivity contribution in [3.05, 3.63) is 72.4 Å². The number of pyridine rings is 1. The van der Waals surface area contributed by atoms with Crippen LogP contribution in [0.1, 0.15) is 10.4 Å².